The number of rotatable bonds is 4. The summed E-state index contributed by atoms with van der Waals surface area (Å²) < 4.78 is 49.7. The van der Waals surface area contributed by atoms with Crippen LogP contribution in [0.25, 0.3) is 0 Å². The molecular weight excluding hydrogens is 278 g/mol. The molecule has 0 fully saturated rings. The highest BCUT2D eigenvalue weighted by Gasteiger charge is 2.44. The smallest absolute Gasteiger partial charge is 0.403 e. The standard InChI is InChI=1S/C10H8ClF4NO2/c11-7-3-5(1-2-8(7)12)16-4-6(9(17)18)10(13,14)15/h1-3,6,16H,4H2,(H,17,18). The summed E-state index contributed by atoms with van der Waals surface area (Å²) in [5.41, 5.74) is 0.108. The predicted octanol–water partition coefficient (Wildman–Crippen LogP) is 3.15. The number of carboxylic acid groups (broad SMARTS) is 1. The zero-order valence-electron chi connectivity index (χ0n) is 8.76. The summed E-state index contributed by atoms with van der Waals surface area (Å²) in [6, 6.07) is 3.21. The zero-order valence-corrected chi connectivity index (χ0v) is 9.52. The molecule has 0 aliphatic heterocycles. The van der Waals surface area contributed by atoms with Gasteiger partial charge in [-0.25, -0.2) is 4.39 Å². The van der Waals surface area contributed by atoms with Gasteiger partial charge in [0.15, 0.2) is 5.92 Å². The molecule has 0 aliphatic carbocycles. The van der Waals surface area contributed by atoms with Crippen LogP contribution < -0.4 is 5.32 Å². The number of anilines is 1. The van der Waals surface area contributed by atoms with Crippen molar-refractivity contribution in [2.45, 2.75) is 6.18 Å². The minimum Gasteiger partial charge on any atom is -0.481 e. The fraction of sp³-hybridized carbons (Fsp3) is 0.300. The highest BCUT2D eigenvalue weighted by molar-refractivity contribution is 6.31. The van der Waals surface area contributed by atoms with Crippen LogP contribution in [0.15, 0.2) is 18.2 Å². The number of carbonyl (C=O) groups is 1. The number of aliphatic carboxylic acids is 1. The molecule has 0 bridgehead atoms. The summed E-state index contributed by atoms with van der Waals surface area (Å²) in [6.45, 7) is -0.860. The maximum Gasteiger partial charge on any atom is 0.403 e. The average molecular weight is 286 g/mol. The number of hydrogen-bond donors (Lipinski definition) is 2. The summed E-state index contributed by atoms with van der Waals surface area (Å²) >= 11 is 5.43. The van der Waals surface area contributed by atoms with Crippen molar-refractivity contribution >= 4 is 23.3 Å². The second kappa shape index (κ2) is 5.43. The van der Waals surface area contributed by atoms with Crippen LogP contribution in [-0.2, 0) is 4.79 Å². The van der Waals surface area contributed by atoms with Crippen LogP contribution in [0.3, 0.4) is 0 Å². The van der Waals surface area contributed by atoms with Gasteiger partial charge in [-0.1, -0.05) is 11.6 Å². The topological polar surface area (TPSA) is 49.3 Å². The van der Waals surface area contributed by atoms with Gasteiger partial charge in [0.2, 0.25) is 0 Å². The summed E-state index contributed by atoms with van der Waals surface area (Å²) in [5, 5.41) is 10.4. The quantitative estimate of drug-likeness (QED) is 0.836. The van der Waals surface area contributed by atoms with Crippen molar-refractivity contribution in [3.63, 3.8) is 0 Å². The van der Waals surface area contributed by atoms with Crippen LogP contribution >= 0.6 is 11.6 Å². The lowest BCUT2D eigenvalue weighted by Crippen LogP contribution is -2.36. The number of nitrogens with one attached hydrogen (secondary N) is 1. The van der Waals surface area contributed by atoms with Gasteiger partial charge in [0, 0.05) is 12.2 Å². The van der Waals surface area contributed by atoms with Gasteiger partial charge in [0.1, 0.15) is 5.82 Å². The van der Waals surface area contributed by atoms with Crippen LogP contribution in [-0.4, -0.2) is 23.8 Å². The van der Waals surface area contributed by atoms with Crippen molar-refractivity contribution in [1.82, 2.24) is 0 Å². The van der Waals surface area contributed by atoms with Crippen LogP contribution in [0, 0.1) is 11.7 Å². The first-order valence-corrected chi connectivity index (χ1v) is 5.08. The third-order valence-corrected chi connectivity index (χ3v) is 2.41. The van der Waals surface area contributed by atoms with Crippen LogP contribution in [0.1, 0.15) is 0 Å². The number of halogens is 5. The maximum absolute atomic E-state index is 12.8. The first kappa shape index (κ1) is 14.6. The third-order valence-electron chi connectivity index (χ3n) is 2.12. The highest BCUT2D eigenvalue weighted by Crippen LogP contribution is 2.27. The molecule has 1 unspecified atom stereocenters. The fourth-order valence-electron chi connectivity index (χ4n) is 1.17. The molecule has 18 heavy (non-hydrogen) atoms. The second-order valence-corrected chi connectivity index (χ2v) is 3.85. The molecule has 3 nitrogen and oxygen atoms in total. The molecule has 1 atom stereocenters. The number of carboxylic acids is 1. The molecule has 0 saturated carbocycles. The van der Waals surface area contributed by atoms with Gasteiger partial charge in [-0.05, 0) is 18.2 Å². The van der Waals surface area contributed by atoms with Crippen molar-refractivity contribution in [3.05, 3.63) is 29.0 Å². The fourth-order valence-corrected chi connectivity index (χ4v) is 1.35. The Morgan fingerprint density at radius 1 is 1.44 bits per heavy atom. The molecule has 1 rings (SSSR count). The van der Waals surface area contributed by atoms with E-state index in [1.807, 2.05) is 0 Å². The van der Waals surface area contributed by atoms with Gasteiger partial charge in [0.05, 0.1) is 5.02 Å². The molecule has 0 radical (unpaired) electrons. The summed E-state index contributed by atoms with van der Waals surface area (Å²) in [7, 11) is 0. The van der Waals surface area contributed by atoms with Crippen LogP contribution in [0.2, 0.25) is 5.02 Å². The van der Waals surface area contributed by atoms with Gasteiger partial charge in [-0.2, -0.15) is 13.2 Å². The first-order chi connectivity index (χ1) is 8.21. The summed E-state index contributed by atoms with van der Waals surface area (Å²) in [4.78, 5) is 10.4. The van der Waals surface area contributed by atoms with Gasteiger partial charge in [-0.3, -0.25) is 4.79 Å². The highest BCUT2D eigenvalue weighted by atomic mass is 35.5. The van der Waals surface area contributed by atoms with Crippen LogP contribution in [0.4, 0.5) is 23.2 Å². The molecule has 0 heterocycles. The maximum atomic E-state index is 12.8. The zero-order chi connectivity index (χ0) is 13.9. The van der Waals surface area contributed by atoms with E-state index in [1.165, 1.54) is 0 Å². The molecule has 1 aromatic carbocycles. The Bertz CT molecular complexity index is 450. The molecule has 0 aromatic heterocycles. The van der Waals surface area contributed by atoms with E-state index in [-0.39, 0.29) is 10.7 Å². The van der Waals surface area contributed by atoms with Crippen molar-refractivity contribution in [1.29, 1.82) is 0 Å². The van der Waals surface area contributed by atoms with E-state index in [1.54, 1.807) is 0 Å². The van der Waals surface area contributed by atoms with Gasteiger partial charge >= 0.3 is 12.1 Å². The molecule has 0 saturated heterocycles. The van der Waals surface area contributed by atoms with Crippen molar-refractivity contribution in [2.24, 2.45) is 5.92 Å². The van der Waals surface area contributed by atoms with Gasteiger partial charge < -0.3 is 10.4 Å². The second-order valence-electron chi connectivity index (χ2n) is 3.44. The van der Waals surface area contributed by atoms with Gasteiger partial charge in [-0.15, -0.1) is 0 Å². The predicted molar refractivity (Wildman–Crippen MR) is 57.1 cm³/mol. The van der Waals surface area contributed by atoms with Gasteiger partial charge in [0.25, 0.3) is 0 Å². The first-order valence-electron chi connectivity index (χ1n) is 4.70. The number of benzene rings is 1. The Labute approximate surface area is 104 Å². The number of alkyl halides is 3. The van der Waals surface area contributed by atoms with E-state index in [0.717, 1.165) is 18.2 Å². The van der Waals surface area contributed by atoms with Crippen molar-refractivity contribution < 1.29 is 27.5 Å². The Morgan fingerprint density at radius 3 is 2.50 bits per heavy atom. The van der Waals surface area contributed by atoms with E-state index in [2.05, 4.69) is 5.32 Å². The summed E-state index contributed by atoms with van der Waals surface area (Å²) in [5.74, 6) is -5.24. The normalized spacial score (nSPS) is 13.2. The van der Waals surface area contributed by atoms with E-state index in [0.29, 0.717) is 0 Å². The monoisotopic (exact) mass is 285 g/mol. The lowest BCUT2D eigenvalue weighted by atomic mass is 10.1. The molecular formula is C10H8ClF4NO2. The Balaban J connectivity index is 2.73. The molecule has 8 heteroatoms. The van der Waals surface area contributed by atoms with E-state index >= 15 is 0 Å². The van der Waals surface area contributed by atoms with E-state index in [9.17, 15) is 22.4 Å². The Kier molecular flexibility index (Phi) is 4.39. The SMILES string of the molecule is O=C(O)C(CNc1ccc(F)c(Cl)c1)C(F)(F)F. The number of hydrogen-bond acceptors (Lipinski definition) is 2. The minimum absolute atomic E-state index is 0.108. The average Bonchev–Trinajstić information content (AvgIpc) is 2.21. The molecule has 1 aromatic rings. The summed E-state index contributed by atoms with van der Waals surface area (Å²) in [6.07, 6.45) is -4.86. The van der Waals surface area contributed by atoms with Crippen molar-refractivity contribution in [3.8, 4) is 0 Å². The molecule has 100 valence electrons. The Morgan fingerprint density at radius 2 is 2.06 bits per heavy atom. The third kappa shape index (κ3) is 3.76. The lowest BCUT2D eigenvalue weighted by Gasteiger charge is -2.17. The lowest BCUT2D eigenvalue weighted by molar-refractivity contribution is -0.190. The molecule has 0 aliphatic rings. The van der Waals surface area contributed by atoms with Crippen LogP contribution in [0.5, 0.6) is 0 Å². The molecule has 2 N–H and O–H groups in total. The minimum atomic E-state index is -4.86. The van der Waals surface area contributed by atoms with E-state index < -0.39 is 30.4 Å². The molecule has 0 amide bonds. The van der Waals surface area contributed by atoms with E-state index in [4.69, 9.17) is 16.7 Å². The largest absolute Gasteiger partial charge is 0.481 e. The van der Waals surface area contributed by atoms with Crippen molar-refractivity contribution in [2.75, 3.05) is 11.9 Å². The Hall–Kier alpha value is -1.50. The molecule has 0 spiro atoms.